The number of aliphatic hydroxyl groups is 1. The van der Waals surface area contributed by atoms with Gasteiger partial charge in [0, 0.05) is 18.2 Å². The van der Waals surface area contributed by atoms with Crippen molar-refractivity contribution in [2.75, 3.05) is 11.6 Å². The highest BCUT2D eigenvalue weighted by Gasteiger charge is 2.33. The third-order valence-electron chi connectivity index (χ3n) is 6.01. The number of carbonyl (C=O) groups excluding carboxylic acids is 2. The Morgan fingerprint density at radius 1 is 1.00 bits per heavy atom. The quantitative estimate of drug-likeness (QED) is 0.496. The highest BCUT2D eigenvalue weighted by atomic mass is 19.1. The van der Waals surface area contributed by atoms with Crippen LogP contribution in [0.4, 0.5) is 18.9 Å². The molecule has 35 heavy (non-hydrogen) atoms. The molecule has 2 amide bonds. The Balaban J connectivity index is 1.52. The summed E-state index contributed by atoms with van der Waals surface area (Å²) in [6, 6.07) is 13.1. The largest absolute Gasteiger partial charge is 0.387 e. The number of anilines is 1. The summed E-state index contributed by atoms with van der Waals surface area (Å²) in [6.07, 6.45) is -1.26. The molecule has 0 bridgehead atoms. The molecule has 0 aromatic heterocycles. The second kappa shape index (κ2) is 9.89. The number of halogens is 3. The van der Waals surface area contributed by atoms with E-state index >= 15 is 0 Å². The Labute approximate surface area is 200 Å². The van der Waals surface area contributed by atoms with Crippen LogP contribution in [0.3, 0.4) is 0 Å². The number of carbonyl (C=O) groups is 2. The van der Waals surface area contributed by atoms with Crippen LogP contribution < -0.4 is 15.8 Å². The number of benzene rings is 3. The Kier molecular flexibility index (Phi) is 6.90. The summed E-state index contributed by atoms with van der Waals surface area (Å²) in [6.45, 7) is 3.00. The van der Waals surface area contributed by atoms with E-state index in [0.29, 0.717) is 28.4 Å². The van der Waals surface area contributed by atoms with Crippen molar-refractivity contribution in [2.45, 2.75) is 31.9 Å². The molecule has 0 fully saturated rings. The van der Waals surface area contributed by atoms with Crippen molar-refractivity contribution >= 4 is 17.5 Å². The van der Waals surface area contributed by atoms with Gasteiger partial charge in [-0.15, -0.1) is 0 Å². The highest BCUT2D eigenvalue weighted by molar-refractivity contribution is 6.06. The van der Waals surface area contributed by atoms with Gasteiger partial charge in [-0.3, -0.25) is 15.0 Å². The number of hydrogen-bond donors (Lipinski definition) is 3. The van der Waals surface area contributed by atoms with Gasteiger partial charge in [-0.2, -0.15) is 0 Å². The molecule has 1 heterocycles. The third kappa shape index (κ3) is 5.06. The average molecular weight is 483 g/mol. The summed E-state index contributed by atoms with van der Waals surface area (Å²) in [7, 11) is 0. The monoisotopic (exact) mass is 483 g/mol. The van der Waals surface area contributed by atoms with E-state index in [2.05, 4.69) is 10.7 Å². The maximum atomic E-state index is 14.0. The topological polar surface area (TPSA) is 81.7 Å². The number of para-hydroxylation sites is 1. The van der Waals surface area contributed by atoms with Crippen LogP contribution in [-0.2, 0) is 9.59 Å². The van der Waals surface area contributed by atoms with Crippen LogP contribution in [0.1, 0.15) is 37.0 Å². The number of fused-ring (bicyclic) bond motifs is 3. The van der Waals surface area contributed by atoms with Gasteiger partial charge in [0.15, 0.2) is 0 Å². The predicted octanol–water partition coefficient (Wildman–Crippen LogP) is 3.96. The zero-order valence-electron chi connectivity index (χ0n) is 19.1. The minimum Gasteiger partial charge on any atom is -0.387 e. The Hall–Kier alpha value is -3.69. The van der Waals surface area contributed by atoms with Gasteiger partial charge >= 0.3 is 0 Å². The van der Waals surface area contributed by atoms with Crippen molar-refractivity contribution in [1.82, 2.24) is 10.7 Å². The molecule has 1 unspecified atom stereocenters. The molecule has 3 N–H and O–H groups in total. The molecule has 0 aliphatic carbocycles. The van der Waals surface area contributed by atoms with E-state index in [0.717, 1.165) is 17.1 Å². The molecule has 182 valence electrons. The number of hydrogen-bond acceptors (Lipinski definition) is 4. The lowest BCUT2D eigenvalue weighted by Crippen LogP contribution is -2.53. The molecule has 1 aliphatic heterocycles. The van der Waals surface area contributed by atoms with Gasteiger partial charge in [-0.05, 0) is 60.9 Å². The predicted molar refractivity (Wildman–Crippen MR) is 125 cm³/mol. The van der Waals surface area contributed by atoms with Crippen LogP contribution in [0.15, 0.2) is 60.7 Å². The van der Waals surface area contributed by atoms with Gasteiger partial charge in [-0.1, -0.05) is 24.3 Å². The maximum Gasteiger partial charge on any atom is 0.255 e. The lowest BCUT2D eigenvalue weighted by Gasteiger charge is -2.27. The Morgan fingerprint density at radius 2 is 1.69 bits per heavy atom. The molecule has 1 aliphatic rings. The summed E-state index contributed by atoms with van der Waals surface area (Å²) < 4.78 is 40.8. The second-order valence-corrected chi connectivity index (χ2v) is 8.47. The summed E-state index contributed by atoms with van der Waals surface area (Å²) in [5.74, 6) is -3.86. The lowest BCUT2D eigenvalue weighted by atomic mass is 9.92. The molecule has 9 heteroatoms. The van der Waals surface area contributed by atoms with Gasteiger partial charge in [0.05, 0.1) is 23.8 Å². The van der Waals surface area contributed by atoms with E-state index < -0.39 is 47.3 Å². The lowest BCUT2D eigenvalue weighted by molar-refractivity contribution is -0.127. The number of amides is 2. The fourth-order valence-electron chi connectivity index (χ4n) is 4.07. The van der Waals surface area contributed by atoms with E-state index in [1.165, 1.54) is 19.1 Å². The van der Waals surface area contributed by atoms with Crippen LogP contribution in [0, 0.1) is 17.5 Å². The van der Waals surface area contributed by atoms with Crippen molar-refractivity contribution in [2.24, 2.45) is 0 Å². The highest BCUT2D eigenvalue weighted by Crippen LogP contribution is 2.40. The van der Waals surface area contributed by atoms with E-state index in [9.17, 15) is 27.9 Å². The SMILES string of the molecule is CC1C(=O)N(NC(=O)[C@H](C)NC[C@@H](O)c2cc(F)cc(F)c2)c2ccccc2-c2ccc(F)cc21. The molecule has 3 aromatic rings. The molecule has 0 radical (unpaired) electrons. The van der Waals surface area contributed by atoms with Gasteiger partial charge in [0.1, 0.15) is 17.5 Å². The normalized spacial score (nSPS) is 16.7. The molecule has 4 rings (SSSR count). The van der Waals surface area contributed by atoms with Crippen molar-refractivity contribution in [3.63, 3.8) is 0 Å². The zero-order valence-corrected chi connectivity index (χ0v) is 19.1. The molecule has 6 nitrogen and oxygen atoms in total. The standard InChI is InChI=1S/C26H24F3N3O3/c1-14-22-12-17(27)7-8-20(22)21-5-3-4-6-23(21)32(26(14)35)31-25(34)15(2)30-13-24(33)16-9-18(28)11-19(29)10-16/h3-12,14-15,24,30,33H,13H2,1-2H3,(H,31,34)/t14?,15-,24+/m0/s1. The first-order valence-electron chi connectivity index (χ1n) is 11.1. The fourth-order valence-corrected chi connectivity index (χ4v) is 4.07. The first kappa shape index (κ1) is 24.4. The third-order valence-corrected chi connectivity index (χ3v) is 6.01. The fraction of sp³-hybridized carbons (Fsp3) is 0.231. The molecule has 0 saturated heterocycles. The Morgan fingerprint density at radius 3 is 2.40 bits per heavy atom. The van der Waals surface area contributed by atoms with E-state index in [1.54, 1.807) is 37.3 Å². The molecule has 0 spiro atoms. The van der Waals surface area contributed by atoms with Gasteiger partial charge in [-0.25, -0.2) is 18.2 Å². The number of hydrazine groups is 1. The second-order valence-electron chi connectivity index (χ2n) is 8.47. The summed E-state index contributed by atoms with van der Waals surface area (Å²) in [5, 5.41) is 14.2. The van der Waals surface area contributed by atoms with E-state index in [1.807, 2.05) is 0 Å². The van der Waals surface area contributed by atoms with E-state index in [-0.39, 0.29) is 12.1 Å². The van der Waals surface area contributed by atoms with Crippen LogP contribution in [-0.4, -0.2) is 29.5 Å². The molecule has 3 atom stereocenters. The first-order valence-corrected chi connectivity index (χ1v) is 11.1. The molecule has 3 aromatic carbocycles. The van der Waals surface area contributed by atoms with Crippen LogP contribution in [0.25, 0.3) is 11.1 Å². The van der Waals surface area contributed by atoms with E-state index in [4.69, 9.17) is 0 Å². The van der Waals surface area contributed by atoms with Gasteiger partial charge in [0.2, 0.25) is 0 Å². The summed E-state index contributed by atoms with van der Waals surface area (Å²) >= 11 is 0. The van der Waals surface area contributed by atoms with Crippen molar-refractivity contribution in [1.29, 1.82) is 0 Å². The minimum atomic E-state index is -1.26. The Bertz CT molecular complexity index is 1260. The zero-order chi connectivity index (χ0) is 25.3. The van der Waals surface area contributed by atoms with Gasteiger partial charge < -0.3 is 10.4 Å². The van der Waals surface area contributed by atoms with Crippen LogP contribution in [0.5, 0.6) is 0 Å². The molecular formula is C26H24F3N3O3. The first-order chi connectivity index (χ1) is 16.7. The molecular weight excluding hydrogens is 459 g/mol. The summed E-state index contributed by atoms with van der Waals surface area (Å²) in [4.78, 5) is 26.3. The smallest absolute Gasteiger partial charge is 0.255 e. The number of nitrogens with zero attached hydrogens (tertiary/aromatic N) is 1. The van der Waals surface area contributed by atoms with Crippen molar-refractivity contribution < 1.29 is 27.9 Å². The van der Waals surface area contributed by atoms with Crippen molar-refractivity contribution in [3.05, 3.63) is 89.2 Å². The number of rotatable bonds is 6. The van der Waals surface area contributed by atoms with Crippen molar-refractivity contribution in [3.8, 4) is 11.1 Å². The molecule has 0 saturated carbocycles. The maximum absolute atomic E-state index is 14.0. The van der Waals surface area contributed by atoms with Crippen LogP contribution in [0.2, 0.25) is 0 Å². The number of nitrogens with one attached hydrogen (secondary N) is 2. The van der Waals surface area contributed by atoms with Gasteiger partial charge in [0.25, 0.3) is 11.8 Å². The van der Waals surface area contributed by atoms with Crippen LogP contribution >= 0.6 is 0 Å². The average Bonchev–Trinajstić information content (AvgIpc) is 2.91. The summed E-state index contributed by atoms with van der Waals surface area (Å²) in [5.41, 5.74) is 4.93. The number of aliphatic hydroxyl groups excluding tert-OH is 1. The minimum absolute atomic E-state index is 0.0260.